The fraction of sp³-hybridized carbons (Fsp3) is 0.233. The molecule has 0 unspecified atom stereocenters. The first-order valence-corrected chi connectivity index (χ1v) is 32.3. The highest BCUT2D eigenvalue weighted by molar-refractivity contribution is 7.09. The van der Waals surface area contributed by atoms with E-state index in [0.717, 1.165) is 34.0 Å². The van der Waals surface area contributed by atoms with Crippen molar-refractivity contribution in [2.45, 2.75) is 82.2 Å². The minimum Gasteiger partial charge on any atom is -0.470 e. The number of aromatic amines is 1. The number of carbonyl (C=O) groups excluding carboxylic acids is 1. The third-order valence-electron chi connectivity index (χ3n) is 11.3. The summed E-state index contributed by atoms with van der Waals surface area (Å²) in [6, 6.07) is 30.6. The number of amides is 1. The van der Waals surface area contributed by atoms with E-state index in [1.165, 1.54) is 30.2 Å². The third-order valence-corrected chi connectivity index (χ3v) is 12.7. The number of carbonyl (C=O) groups is 1. The van der Waals surface area contributed by atoms with Crippen LogP contribution in [0, 0.1) is 34.6 Å². The Balaban J connectivity index is 0.00000103. The second kappa shape index (κ2) is 62.5. The summed E-state index contributed by atoms with van der Waals surface area (Å²) in [4.78, 5) is 40.8. The van der Waals surface area contributed by atoms with E-state index in [1.54, 1.807) is 150 Å². The summed E-state index contributed by atoms with van der Waals surface area (Å²) in [7, 11) is 9.73. The fourth-order valence-electron chi connectivity index (χ4n) is 5.80. The number of nitrogens with zero attached hydrogens (tertiary/aromatic N) is 19. The van der Waals surface area contributed by atoms with Gasteiger partial charge >= 0.3 is 0 Å². The molecule has 0 fully saturated rings. The maximum Gasteiger partial charge on any atom is 0.227 e. The molecule has 1 amide bonds. The second-order valence-electron chi connectivity index (χ2n) is 19.2. The van der Waals surface area contributed by atoms with Crippen LogP contribution in [0.5, 0.6) is 0 Å². The fourth-order valence-corrected chi connectivity index (χ4v) is 6.68. The van der Waals surface area contributed by atoms with E-state index in [4.69, 9.17) is 4.42 Å². The number of imidazole rings is 2. The van der Waals surface area contributed by atoms with Crippen LogP contribution in [0.25, 0.3) is 0 Å². The Bertz CT molecular complexity index is 3290. The molecule has 14 aromatic rings. The highest BCUT2D eigenvalue weighted by atomic mass is 32.1. The average Bonchev–Trinajstić information content (AvgIpc) is 2.16. The van der Waals surface area contributed by atoms with Gasteiger partial charge in [0.2, 0.25) is 5.91 Å². The number of thiazole rings is 2. The largest absolute Gasteiger partial charge is 0.470 e. The zero-order valence-corrected chi connectivity index (χ0v) is 60.0. The van der Waals surface area contributed by atoms with Gasteiger partial charge < -0.3 is 27.9 Å². The van der Waals surface area contributed by atoms with E-state index in [0.29, 0.717) is 6.42 Å². The van der Waals surface area contributed by atoms with Crippen LogP contribution >= 0.6 is 22.7 Å². The number of allylic oxidation sites excluding steroid dienone is 4. The molecule has 1 aliphatic carbocycles. The highest BCUT2D eigenvalue weighted by Gasteiger charge is 1.98. The zero-order valence-electron chi connectivity index (χ0n) is 58.4. The van der Waals surface area contributed by atoms with Gasteiger partial charge in [-0.05, 0) is 141 Å². The molecule has 2 N–H and O–H groups in total. The Morgan fingerprint density at radius 1 is 0.475 bits per heavy atom. The lowest BCUT2D eigenvalue weighted by atomic mass is 10.2. The minimum atomic E-state index is 0. The Morgan fingerprint density at radius 2 is 0.970 bits per heavy atom. The van der Waals surface area contributed by atoms with E-state index in [-0.39, 0.29) is 13.3 Å². The van der Waals surface area contributed by atoms with Gasteiger partial charge in [0, 0.05) is 189 Å². The van der Waals surface area contributed by atoms with Gasteiger partial charge in [0.25, 0.3) is 0 Å². The van der Waals surface area contributed by atoms with Crippen molar-refractivity contribution in [2.24, 2.45) is 35.2 Å². The molecule has 26 heteroatoms. The Labute approximate surface area is 592 Å². The van der Waals surface area contributed by atoms with Crippen LogP contribution in [-0.2, 0) is 46.6 Å². The van der Waals surface area contributed by atoms with Crippen molar-refractivity contribution in [2.75, 3.05) is 0 Å². The molecular formula is C73H99N21O3S2. The molecule has 0 saturated carbocycles. The van der Waals surface area contributed by atoms with E-state index in [1.807, 2.05) is 239 Å². The molecule has 15 heterocycles. The van der Waals surface area contributed by atoms with Crippen molar-refractivity contribution in [3.8, 4) is 0 Å². The van der Waals surface area contributed by atoms with Crippen LogP contribution in [-0.4, -0.2) is 104 Å². The predicted octanol–water partition coefficient (Wildman–Crippen LogP) is 15.4. The van der Waals surface area contributed by atoms with Gasteiger partial charge in [-0.15, -0.1) is 22.7 Å². The number of aryl methyl sites for hydroxylation is 11. The van der Waals surface area contributed by atoms with E-state index in [2.05, 4.69) is 113 Å². The normalized spacial score (nSPS) is 9.93. The first-order valence-electron chi connectivity index (χ1n) is 30.6. The number of aromatic nitrogens is 20. The predicted molar refractivity (Wildman–Crippen MR) is 399 cm³/mol. The number of furan rings is 1. The second-order valence-corrected chi connectivity index (χ2v) is 21.4. The van der Waals surface area contributed by atoms with Gasteiger partial charge in [0.1, 0.15) is 23.7 Å². The summed E-state index contributed by atoms with van der Waals surface area (Å²) < 4.78 is 20.6. The van der Waals surface area contributed by atoms with Crippen LogP contribution in [0.3, 0.4) is 0 Å². The average molecular weight is 1380 g/mol. The summed E-state index contributed by atoms with van der Waals surface area (Å²) in [5.74, 6) is 3.17. The molecule has 16 rings (SSSR count). The quantitative estimate of drug-likeness (QED) is 0.155. The molecule has 0 atom stereocenters. The van der Waals surface area contributed by atoms with Crippen molar-refractivity contribution in [3.63, 3.8) is 0 Å². The number of hydrogen-bond donors (Lipinski definition) is 2. The summed E-state index contributed by atoms with van der Waals surface area (Å²) >= 11 is 3.33. The molecule has 99 heavy (non-hydrogen) atoms. The standard InChI is InChI=1S/C7H10.3C5H8N2.C5H7N.3C5H5N.C5H6O.2C4H6N2.C4H5NO.2C4H5NS.C3H3NO.C2H3N3.CH4/c1-6-4-3-5-7(6)2;2*1-5-6-3-4-7(5)2;1-2-7-5-3-4-6-7;1-6-4-2-3-5-6;3*1-2-4-6-5-3-1;1-5-3-2-4-6-5;2*1-6-4-2-3-5-6;6-4-2-1-3-5-4;2*1-4-5-2-3-6-4;1-2-5-3-4-1;1-2-4-5-3-1;/h3-4H,5H2,1-2H3;2*3-4H,1-2H3;3-5H,2H2,1H3;2-5H,1H3;3*1-5H;3*2-4H,1H3;1,3H,2H2,(H,5,6);2*2-3H,1H3;1-3H;1-2H,(H,3,4,5);1H4. The van der Waals surface area contributed by atoms with Crippen LogP contribution in [0.1, 0.15) is 68.5 Å². The lowest BCUT2D eigenvalue weighted by molar-refractivity contribution is -0.118. The monoisotopic (exact) mass is 1380 g/mol. The Hall–Kier alpha value is -11.6. The van der Waals surface area contributed by atoms with Crippen LogP contribution in [0.15, 0.2) is 314 Å². The van der Waals surface area contributed by atoms with Crippen LogP contribution in [0.4, 0.5) is 0 Å². The molecular weight excluding hydrogens is 1280 g/mol. The zero-order chi connectivity index (χ0) is 71.6. The van der Waals surface area contributed by atoms with Gasteiger partial charge in [-0.3, -0.25) is 43.8 Å². The molecule has 526 valence electrons. The summed E-state index contributed by atoms with van der Waals surface area (Å²) in [6.07, 6.45) is 55.4. The molecule has 24 nitrogen and oxygen atoms in total. The summed E-state index contributed by atoms with van der Waals surface area (Å²) in [5.41, 5.74) is 2.96. The van der Waals surface area contributed by atoms with Crippen molar-refractivity contribution < 1.29 is 13.6 Å². The number of oxazole rings is 1. The summed E-state index contributed by atoms with van der Waals surface area (Å²) in [6.45, 7) is 17.2. The van der Waals surface area contributed by atoms with E-state index < -0.39 is 0 Å². The topological polar surface area (TPSA) is 268 Å². The maximum atomic E-state index is 10.1. The molecule has 0 bridgehead atoms. The third kappa shape index (κ3) is 56.4. The smallest absolute Gasteiger partial charge is 0.227 e. The molecule has 0 aromatic carbocycles. The maximum absolute atomic E-state index is 10.1. The van der Waals surface area contributed by atoms with Crippen LogP contribution < -0.4 is 5.32 Å². The lowest BCUT2D eigenvalue weighted by Gasteiger charge is -1.87. The van der Waals surface area contributed by atoms with Crippen molar-refractivity contribution >= 4 is 28.6 Å². The molecule has 14 aromatic heterocycles. The van der Waals surface area contributed by atoms with Crippen molar-refractivity contribution in [1.29, 1.82) is 0 Å². The summed E-state index contributed by atoms with van der Waals surface area (Å²) in [5, 5.41) is 29.7. The number of pyridine rings is 3. The molecule has 0 saturated heterocycles. The molecule has 0 spiro atoms. The van der Waals surface area contributed by atoms with Gasteiger partial charge in [-0.1, -0.05) is 55.0 Å². The Morgan fingerprint density at radius 3 is 1.09 bits per heavy atom. The van der Waals surface area contributed by atoms with Gasteiger partial charge in [0.15, 0.2) is 6.39 Å². The number of H-pyrrole nitrogens is 1. The Kier molecular flexibility index (Phi) is 55.1. The lowest BCUT2D eigenvalue weighted by Crippen LogP contribution is -2.08. The van der Waals surface area contributed by atoms with Crippen molar-refractivity contribution in [1.82, 2.24) is 104 Å². The van der Waals surface area contributed by atoms with Gasteiger partial charge in [-0.25, -0.2) is 15.0 Å². The van der Waals surface area contributed by atoms with E-state index >= 15 is 0 Å². The number of hydrogen-bond acceptors (Lipinski definition) is 18. The highest BCUT2D eigenvalue weighted by Crippen LogP contribution is 2.16. The van der Waals surface area contributed by atoms with Gasteiger partial charge in [-0.2, -0.15) is 30.7 Å². The molecule has 2 aliphatic rings. The number of rotatable bonds is 1. The van der Waals surface area contributed by atoms with Gasteiger partial charge in [0.05, 0.1) is 34.9 Å². The minimum absolute atomic E-state index is 0. The van der Waals surface area contributed by atoms with Crippen LogP contribution in [0.2, 0.25) is 0 Å². The number of nitrogens with one attached hydrogen (secondary N) is 2. The molecule has 0 radical (unpaired) electrons. The molecule has 1 aliphatic heterocycles. The first-order chi connectivity index (χ1) is 47.6. The SMILES string of the molecule is C.CC1=C(C)CC=C1.CCn1cccn1.Cc1ccco1.Cc1nccn1C.Cc1nccn1C.Cc1nccs1.Cc1nccs1.Cn1cccc1.Cn1cccn1.Cn1cccn1.O=C1CC=CN1.c1ccncc1.c1ccncc1.c1ccncc1.c1cn[nH]n1.c1cocn1. The first kappa shape index (κ1) is 87.4. The van der Waals surface area contributed by atoms with E-state index in [9.17, 15) is 4.79 Å². The van der Waals surface area contributed by atoms with Crippen molar-refractivity contribution in [3.05, 3.63) is 332 Å².